The van der Waals surface area contributed by atoms with Crippen LogP contribution in [-0.2, 0) is 14.3 Å². The highest BCUT2D eigenvalue weighted by Gasteiger charge is 2.27. The molecule has 0 saturated carbocycles. The predicted molar refractivity (Wildman–Crippen MR) is 101 cm³/mol. The van der Waals surface area contributed by atoms with Gasteiger partial charge in [0.1, 0.15) is 0 Å². The summed E-state index contributed by atoms with van der Waals surface area (Å²) in [4.78, 5) is 30.6. The first kappa shape index (κ1) is 22.4. The minimum absolute atomic E-state index is 0. The monoisotopic (exact) mass is 396 g/mol. The minimum Gasteiger partial charge on any atom is -0.379 e. The van der Waals surface area contributed by atoms with Crippen molar-refractivity contribution in [3.05, 3.63) is 0 Å². The van der Waals surface area contributed by atoms with Gasteiger partial charge in [-0.1, -0.05) is 0 Å². The van der Waals surface area contributed by atoms with Crippen molar-refractivity contribution in [3.63, 3.8) is 0 Å². The summed E-state index contributed by atoms with van der Waals surface area (Å²) in [5.41, 5.74) is 0. The molecule has 0 aromatic rings. The van der Waals surface area contributed by atoms with Gasteiger partial charge in [-0.05, 0) is 19.4 Å². The number of amides is 2. The van der Waals surface area contributed by atoms with Crippen molar-refractivity contribution in [1.29, 1.82) is 0 Å². The molecule has 3 heterocycles. The third-order valence-electron chi connectivity index (χ3n) is 5.03. The first-order valence-corrected chi connectivity index (χ1v) is 8.81. The first-order valence-electron chi connectivity index (χ1n) is 8.81. The Bertz CT molecular complexity index is 422. The molecule has 0 radical (unpaired) electrons. The molecule has 7 nitrogen and oxygen atoms in total. The Hall–Kier alpha value is -0.600. The summed E-state index contributed by atoms with van der Waals surface area (Å²) in [6.45, 7) is 7.25. The summed E-state index contributed by atoms with van der Waals surface area (Å²) in [5.74, 6) is 0.404. The fourth-order valence-electron chi connectivity index (χ4n) is 3.53. The van der Waals surface area contributed by atoms with Gasteiger partial charge < -0.3 is 19.9 Å². The van der Waals surface area contributed by atoms with Crippen molar-refractivity contribution >= 4 is 36.6 Å². The molecule has 3 fully saturated rings. The van der Waals surface area contributed by atoms with Crippen LogP contribution in [0, 0.1) is 0 Å². The second-order valence-electron chi connectivity index (χ2n) is 6.65. The lowest BCUT2D eigenvalue weighted by atomic mass is 10.1. The maximum absolute atomic E-state index is 12.4. The number of piperazine rings is 1. The highest BCUT2D eigenvalue weighted by molar-refractivity contribution is 5.85. The Morgan fingerprint density at radius 1 is 0.920 bits per heavy atom. The minimum atomic E-state index is 0. The molecule has 0 aromatic carbocycles. The molecule has 0 spiro atoms. The SMILES string of the molecule is Cl.Cl.O=C(CC1CCCN1)N1CCN(C(=O)CN2CCOCC2)CC1. The molecule has 0 aliphatic carbocycles. The number of halogens is 2. The van der Waals surface area contributed by atoms with Crippen LogP contribution in [0.15, 0.2) is 0 Å². The van der Waals surface area contributed by atoms with Crippen LogP contribution >= 0.6 is 24.8 Å². The molecule has 9 heteroatoms. The number of nitrogens with zero attached hydrogens (tertiary/aromatic N) is 3. The van der Waals surface area contributed by atoms with Gasteiger partial charge in [-0.3, -0.25) is 14.5 Å². The molecule has 1 N–H and O–H groups in total. The zero-order chi connectivity index (χ0) is 16.1. The Morgan fingerprint density at radius 3 is 2.08 bits per heavy atom. The third-order valence-corrected chi connectivity index (χ3v) is 5.03. The number of nitrogens with one attached hydrogen (secondary N) is 1. The summed E-state index contributed by atoms with van der Waals surface area (Å²) < 4.78 is 5.31. The number of hydrogen-bond acceptors (Lipinski definition) is 5. The molecule has 1 atom stereocenters. The smallest absolute Gasteiger partial charge is 0.236 e. The molecule has 2 amide bonds. The highest BCUT2D eigenvalue weighted by atomic mass is 35.5. The second kappa shape index (κ2) is 11.2. The van der Waals surface area contributed by atoms with Gasteiger partial charge in [-0.25, -0.2) is 0 Å². The fourth-order valence-corrected chi connectivity index (χ4v) is 3.53. The van der Waals surface area contributed by atoms with Crippen molar-refractivity contribution in [2.45, 2.75) is 25.3 Å². The molecule has 0 bridgehead atoms. The Kier molecular flexibility index (Phi) is 10.0. The van der Waals surface area contributed by atoms with Crippen LogP contribution in [0.4, 0.5) is 0 Å². The Labute approximate surface area is 162 Å². The van der Waals surface area contributed by atoms with E-state index in [9.17, 15) is 9.59 Å². The van der Waals surface area contributed by atoms with Crippen LogP contribution in [0.2, 0.25) is 0 Å². The maximum atomic E-state index is 12.4. The quantitative estimate of drug-likeness (QED) is 0.722. The van der Waals surface area contributed by atoms with Gasteiger partial charge in [-0.15, -0.1) is 24.8 Å². The van der Waals surface area contributed by atoms with E-state index in [2.05, 4.69) is 10.2 Å². The Morgan fingerprint density at radius 2 is 1.52 bits per heavy atom. The summed E-state index contributed by atoms with van der Waals surface area (Å²) >= 11 is 0. The highest BCUT2D eigenvalue weighted by Crippen LogP contribution is 2.12. The summed E-state index contributed by atoms with van der Waals surface area (Å²) in [6, 6.07) is 0.350. The van der Waals surface area contributed by atoms with Crippen molar-refractivity contribution in [2.24, 2.45) is 0 Å². The van der Waals surface area contributed by atoms with Gasteiger partial charge >= 0.3 is 0 Å². The largest absolute Gasteiger partial charge is 0.379 e. The van der Waals surface area contributed by atoms with Crippen molar-refractivity contribution < 1.29 is 14.3 Å². The zero-order valence-corrected chi connectivity index (χ0v) is 16.3. The van der Waals surface area contributed by atoms with E-state index in [0.717, 1.165) is 26.1 Å². The van der Waals surface area contributed by atoms with Crippen LogP contribution in [0.3, 0.4) is 0 Å². The van der Waals surface area contributed by atoms with E-state index in [1.54, 1.807) is 0 Å². The third kappa shape index (κ3) is 6.57. The molecule has 3 saturated heterocycles. The summed E-state index contributed by atoms with van der Waals surface area (Å²) in [5, 5.41) is 3.37. The van der Waals surface area contributed by atoms with Crippen LogP contribution in [0.1, 0.15) is 19.3 Å². The van der Waals surface area contributed by atoms with Crippen LogP contribution < -0.4 is 5.32 Å². The molecule has 1 unspecified atom stereocenters. The van der Waals surface area contributed by atoms with E-state index in [1.165, 1.54) is 6.42 Å². The number of morpholine rings is 1. The van der Waals surface area contributed by atoms with E-state index in [4.69, 9.17) is 4.74 Å². The Balaban J connectivity index is 0.00000156. The molecule has 146 valence electrons. The van der Waals surface area contributed by atoms with Gasteiger partial charge in [0.25, 0.3) is 0 Å². The first-order chi connectivity index (χ1) is 11.2. The summed E-state index contributed by atoms with van der Waals surface area (Å²) in [6.07, 6.45) is 2.87. The number of hydrogen-bond donors (Lipinski definition) is 1. The maximum Gasteiger partial charge on any atom is 0.236 e. The van der Waals surface area contributed by atoms with Gasteiger partial charge in [0.05, 0.1) is 19.8 Å². The normalized spacial score (nSPS) is 24.4. The molecular formula is C16H30Cl2N4O3. The molecular weight excluding hydrogens is 367 g/mol. The van der Waals surface area contributed by atoms with E-state index < -0.39 is 0 Å². The lowest BCUT2D eigenvalue weighted by molar-refractivity contribution is -0.141. The average Bonchev–Trinajstić information content (AvgIpc) is 3.09. The van der Waals surface area contributed by atoms with Gasteiger partial charge in [-0.2, -0.15) is 0 Å². The topological polar surface area (TPSA) is 65.1 Å². The van der Waals surface area contributed by atoms with E-state index in [0.29, 0.717) is 58.4 Å². The molecule has 0 aromatic heterocycles. The van der Waals surface area contributed by atoms with E-state index in [1.807, 2.05) is 9.80 Å². The van der Waals surface area contributed by atoms with E-state index >= 15 is 0 Å². The van der Waals surface area contributed by atoms with Crippen molar-refractivity contribution in [1.82, 2.24) is 20.0 Å². The number of ether oxygens (including phenoxy) is 1. The van der Waals surface area contributed by atoms with E-state index in [-0.39, 0.29) is 36.6 Å². The van der Waals surface area contributed by atoms with Crippen LogP contribution in [0.5, 0.6) is 0 Å². The molecule has 3 rings (SSSR count). The van der Waals surface area contributed by atoms with Crippen LogP contribution in [-0.4, -0.2) is 98.1 Å². The lowest BCUT2D eigenvalue weighted by Gasteiger charge is -2.36. The second-order valence-corrected chi connectivity index (χ2v) is 6.65. The van der Waals surface area contributed by atoms with Crippen molar-refractivity contribution in [2.75, 3.05) is 65.6 Å². The van der Waals surface area contributed by atoms with Crippen LogP contribution in [0.25, 0.3) is 0 Å². The van der Waals surface area contributed by atoms with Gasteiger partial charge in [0, 0.05) is 51.7 Å². The summed E-state index contributed by atoms with van der Waals surface area (Å²) in [7, 11) is 0. The molecule has 3 aliphatic heterocycles. The number of carbonyl (C=O) groups excluding carboxylic acids is 2. The van der Waals surface area contributed by atoms with Gasteiger partial charge in [0.2, 0.25) is 11.8 Å². The van der Waals surface area contributed by atoms with Crippen molar-refractivity contribution in [3.8, 4) is 0 Å². The molecule has 3 aliphatic rings. The number of rotatable bonds is 4. The number of carbonyl (C=O) groups is 2. The lowest BCUT2D eigenvalue weighted by Crippen LogP contribution is -2.53. The predicted octanol–water partition coefficient (Wildman–Crippen LogP) is -0.0249. The fraction of sp³-hybridized carbons (Fsp3) is 0.875. The molecule has 25 heavy (non-hydrogen) atoms. The average molecular weight is 397 g/mol. The zero-order valence-electron chi connectivity index (χ0n) is 14.7. The van der Waals surface area contributed by atoms with Gasteiger partial charge in [0.15, 0.2) is 0 Å². The standard InChI is InChI=1S/C16H28N4O3.2ClH/c21-15(12-14-2-1-3-17-14)19-4-6-20(7-5-19)16(22)13-18-8-10-23-11-9-18;;/h14,17H,1-13H2;2*1H.